The molecule has 0 aliphatic heterocycles. The highest BCUT2D eigenvalue weighted by Crippen LogP contribution is 2.20. The summed E-state index contributed by atoms with van der Waals surface area (Å²) < 4.78 is 7.22. The molecule has 7 heteroatoms. The molecule has 0 amide bonds. The Morgan fingerprint density at radius 1 is 0.933 bits per heavy atom. The van der Waals surface area contributed by atoms with Crippen molar-refractivity contribution in [2.75, 3.05) is 4.90 Å². The van der Waals surface area contributed by atoms with Crippen LogP contribution in [0.5, 0.6) is 0 Å². The number of furan rings is 1. The van der Waals surface area contributed by atoms with E-state index in [4.69, 9.17) is 9.40 Å². The largest absolute Gasteiger partial charge is 0.467 e. The number of anilines is 1. The van der Waals surface area contributed by atoms with E-state index in [1.54, 1.807) is 17.1 Å². The highest BCUT2D eigenvalue weighted by Gasteiger charge is 2.17. The fourth-order valence-electron chi connectivity index (χ4n) is 3.41. The fourth-order valence-corrected chi connectivity index (χ4v) is 3.41. The molecule has 0 saturated carbocycles. The van der Waals surface area contributed by atoms with Crippen LogP contribution in [-0.4, -0.2) is 19.7 Å². The molecule has 7 nitrogen and oxygen atoms in total. The number of fused-ring (bicyclic) bond motifs is 1. The van der Waals surface area contributed by atoms with Crippen molar-refractivity contribution in [3.8, 4) is 5.69 Å². The number of H-pyrrole nitrogens is 1. The number of nitrogens with one attached hydrogen (secondary N) is 1. The van der Waals surface area contributed by atoms with Crippen LogP contribution in [0.2, 0.25) is 0 Å². The summed E-state index contributed by atoms with van der Waals surface area (Å²) in [7, 11) is 0. The van der Waals surface area contributed by atoms with E-state index in [2.05, 4.69) is 10.1 Å². The number of aromatic amines is 1. The van der Waals surface area contributed by atoms with Crippen LogP contribution in [0.25, 0.3) is 16.7 Å². The molecule has 5 rings (SSSR count). The molecular formula is C23H19N5O2. The first kappa shape index (κ1) is 17.9. The summed E-state index contributed by atoms with van der Waals surface area (Å²) in [6, 6.07) is 23.4. The smallest absolute Gasteiger partial charge is 0.263 e. The Kier molecular flexibility index (Phi) is 4.61. The zero-order chi connectivity index (χ0) is 20.3. The maximum atomic E-state index is 12.8. The van der Waals surface area contributed by atoms with Gasteiger partial charge in [0.1, 0.15) is 11.1 Å². The summed E-state index contributed by atoms with van der Waals surface area (Å²) in [5, 5.41) is 4.83. The lowest BCUT2D eigenvalue weighted by molar-refractivity contribution is 0.499. The Morgan fingerprint density at radius 2 is 1.70 bits per heavy atom. The first-order valence-electron chi connectivity index (χ1n) is 9.63. The van der Waals surface area contributed by atoms with Gasteiger partial charge in [0.2, 0.25) is 5.95 Å². The predicted octanol–water partition coefficient (Wildman–Crippen LogP) is 3.91. The van der Waals surface area contributed by atoms with E-state index in [0.717, 1.165) is 17.0 Å². The molecule has 0 saturated heterocycles. The van der Waals surface area contributed by atoms with Crippen molar-refractivity contribution in [1.29, 1.82) is 0 Å². The van der Waals surface area contributed by atoms with Crippen LogP contribution in [-0.2, 0) is 13.1 Å². The average Bonchev–Trinajstić information content (AvgIpc) is 3.45. The number of nitrogens with zero attached hydrogens (tertiary/aromatic N) is 4. The topological polar surface area (TPSA) is 80.0 Å². The summed E-state index contributed by atoms with van der Waals surface area (Å²) in [5.41, 5.74) is 2.23. The molecule has 2 aromatic carbocycles. The molecule has 3 aromatic heterocycles. The van der Waals surface area contributed by atoms with Crippen LogP contribution < -0.4 is 10.5 Å². The van der Waals surface area contributed by atoms with Gasteiger partial charge in [-0.25, -0.2) is 4.68 Å². The quantitative estimate of drug-likeness (QED) is 0.470. The number of aromatic nitrogens is 4. The monoisotopic (exact) mass is 397 g/mol. The van der Waals surface area contributed by atoms with Gasteiger partial charge in [-0.15, -0.1) is 0 Å². The van der Waals surface area contributed by atoms with Crippen molar-refractivity contribution < 1.29 is 4.42 Å². The maximum Gasteiger partial charge on any atom is 0.263 e. The molecule has 0 aliphatic rings. The van der Waals surface area contributed by atoms with Crippen molar-refractivity contribution in [2.45, 2.75) is 13.1 Å². The van der Waals surface area contributed by atoms with Gasteiger partial charge in [-0.3, -0.25) is 9.78 Å². The molecule has 0 aliphatic carbocycles. The van der Waals surface area contributed by atoms with Crippen LogP contribution in [0.1, 0.15) is 11.3 Å². The first-order valence-corrected chi connectivity index (χ1v) is 9.63. The zero-order valence-corrected chi connectivity index (χ0v) is 16.1. The Labute approximate surface area is 172 Å². The van der Waals surface area contributed by atoms with Crippen LogP contribution in [0.3, 0.4) is 0 Å². The van der Waals surface area contributed by atoms with Gasteiger partial charge in [-0.05, 0) is 29.8 Å². The number of para-hydroxylation sites is 1. The van der Waals surface area contributed by atoms with Crippen molar-refractivity contribution in [2.24, 2.45) is 0 Å². The molecule has 3 heterocycles. The summed E-state index contributed by atoms with van der Waals surface area (Å²) >= 11 is 0. The van der Waals surface area contributed by atoms with Crippen molar-refractivity contribution in [3.05, 3.63) is 107 Å². The summed E-state index contributed by atoms with van der Waals surface area (Å²) in [4.78, 5) is 22.5. The van der Waals surface area contributed by atoms with Gasteiger partial charge in [-0.2, -0.15) is 10.1 Å². The third-order valence-electron chi connectivity index (χ3n) is 4.87. The first-order chi connectivity index (χ1) is 14.8. The van der Waals surface area contributed by atoms with Crippen LogP contribution in [0.4, 0.5) is 5.95 Å². The van der Waals surface area contributed by atoms with E-state index >= 15 is 0 Å². The molecule has 5 aromatic rings. The van der Waals surface area contributed by atoms with E-state index in [9.17, 15) is 4.79 Å². The molecule has 0 bridgehead atoms. The van der Waals surface area contributed by atoms with Crippen molar-refractivity contribution >= 4 is 17.0 Å². The lowest BCUT2D eigenvalue weighted by Gasteiger charge is -2.22. The van der Waals surface area contributed by atoms with Crippen molar-refractivity contribution in [3.63, 3.8) is 0 Å². The van der Waals surface area contributed by atoms with Gasteiger partial charge in [0.25, 0.3) is 5.56 Å². The Morgan fingerprint density at radius 3 is 2.43 bits per heavy atom. The van der Waals surface area contributed by atoms with Crippen LogP contribution in [0, 0.1) is 0 Å². The Bertz CT molecular complexity index is 1310. The molecule has 0 atom stereocenters. The maximum absolute atomic E-state index is 12.8. The third kappa shape index (κ3) is 3.48. The molecule has 0 unspecified atom stereocenters. The van der Waals surface area contributed by atoms with Gasteiger partial charge in [0.15, 0.2) is 5.65 Å². The molecule has 148 valence electrons. The lowest BCUT2D eigenvalue weighted by atomic mass is 10.2. The van der Waals surface area contributed by atoms with Crippen LogP contribution in [0.15, 0.2) is 94.5 Å². The van der Waals surface area contributed by atoms with Gasteiger partial charge in [-0.1, -0.05) is 48.5 Å². The number of benzene rings is 2. The molecule has 0 fully saturated rings. The predicted molar refractivity (Wildman–Crippen MR) is 115 cm³/mol. The number of rotatable bonds is 6. The number of hydrogen-bond acceptors (Lipinski definition) is 5. The minimum absolute atomic E-state index is 0.227. The lowest BCUT2D eigenvalue weighted by Crippen LogP contribution is -2.26. The van der Waals surface area contributed by atoms with Gasteiger partial charge < -0.3 is 9.32 Å². The highest BCUT2D eigenvalue weighted by molar-refractivity contribution is 5.76. The van der Waals surface area contributed by atoms with E-state index in [1.165, 1.54) is 0 Å². The molecule has 1 N–H and O–H groups in total. The zero-order valence-electron chi connectivity index (χ0n) is 16.1. The molecule has 30 heavy (non-hydrogen) atoms. The second kappa shape index (κ2) is 7.71. The minimum atomic E-state index is -0.227. The molecule has 0 radical (unpaired) electrons. The summed E-state index contributed by atoms with van der Waals surface area (Å²) in [5.74, 6) is 1.25. The fraction of sp³-hybridized carbons (Fsp3) is 0.0870. The number of hydrogen-bond donors (Lipinski definition) is 1. The van der Waals surface area contributed by atoms with Gasteiger partial charge >= 0.3 is 0 Å². The van der Waals surface area contributed by atoms with E-state index in [-0.39, 0.29) is 5.56 Å². The van der Waals surface area contributed by atoms with E-state index in [1.807, 2.05) is 77.7 Å². The molecular weight excluding hydrogens is 378 g/mol. The second-order valence-corrected chi connectivity index (χ2v) is 6.94. The second-order valence-electron chi connectivity index (χ2n) is 6.94. The van der Waals surface area contributed by atoms with E-state index < -0.39 is 0 Å². The van der Waals surface area contributed by atoms with Crippen LogP contribution >= 0.6 is 0 Å². The van der Waals surface area contributed by atoms with E-state index in [0.29, 0.717) is 30.1 Å². The Hall–Kier alpha value is -4.13. The van der Waals surface area contributed by atoms with Crippen molar-refractivity contribution in [1.82, 2.24) is 19.7 Å². The summed E-state index contributed by atoms with van der Waals surface area (Å²) in [6.07, 6.45) is 3.19. The highest BCUT2D eigenvalue weighted by atomic mass is 16.3. The SMILES string of the molecule is O=c1[nH]c(N(Cc2ccccc2)Cc2ccco2)nc2c1cnn2-c1ccccc1. The Balaban J connectivity index is 1.61. The van der Waals surface area contributed by atoms with Gasteiger partial charge in [0, 0.05) is 6.54 Å². The standard InChI is InChI=1S/C23H19N5O2/c29-22-20-14-24-28(18-10-5-2-6-11-18)21(20)25-23(26-22)27(16-19-12-7-13-30-19)15-17-8-3-1-4-9-17/h1-14H,15-16H2,(H,25,26,29). The molecule has 0 spiro atoms. The summed E-state index contributed by atoms with van der Waals surface area (Å²) in [6.45, 7) is 1.03. The minimum Gasteiger partial charge on any atom is -0.467 e. The average molecular weight is 397 g/mol. The normalized spacial score (nSPS) is 11.1. The van der Waals surface area contributed by atoms with Gasteiger partial charge in [0.05, 0.1) is 24.7 Å². The third-order valence-corrected chi connectivity index (χ3v) is 4.87.